The third-order valence-electron chi connectivity index (χ3n) is 6.93. The van der Waals surface area contributed by atoms with Crippen LogP contribution < -0.4 is 0 Å². The summed E-state index contributed by atoms with van der Waals surface area (Å²) in [5, 5.41) is 3.34. The fraction of sp³-hybridized carbons (Fsp3) is 0.0345. The molecule has 0 aromatic heterocycles. The summed E-state index contributed by atoms with van der Waals surface area (Å²) in [6.45, 7) is 0. The van der Waals surface area contributed by atoms with Crippen LogP contribution in [0, 0.1) is 0 Å². The molecule has 0 saturated carbocycles. The predicted molar refractivity (Wildman–Crippen MR) is 125 cm³/mol. The van der Waals surface area contributed by atoms with E-state index in [-0.39, 0.29) is 5.41 Å². The minimum Gasteiger partial charge on any atom is -0.0837 e. The maximum Gasteiger partial charge on any atom is 0.0726 e. The normalized spacial score (nSPS) is 14.4. The van der Waals surface area contributed by atoms with Crippen LogP contribution in [0.2, 0.25) is 5.02 Å². The molecular weight excluding hydrogens is 384 g/mol. The van der Waals surface area contributed by atoms with Crippen LogP contribution in [0.1, 0.15) is 22.3 Å². The van der Waals surface area contributed by atoms with Crippen molar-refractivity contribution < 1.29 is 0 Å². The third kappa shape index (κ3) is 1.79. The molecule has 7 rings (SSSR count). The molecule has 140 valence electrons. The largest absolute Gasteiger partial charge is 0.0837 e. The van der Waals surface area contributed by atoms with Crippen molar-refractivity contribution in [1.82, 2.24) is 0 Å². The smallest absolute Gasteiger partial charge is 0.0726 e. The second kappa shape index (κ2) is 5.62. The monoisotopic (exact) mass is 400 g/mol. The molecule has 5 aromatic rings. The quantitative estimate of drug-likeness (QED) is 0.243. The van der Waals surface area contributed by atoms with Crippen LogP contribution >= 0.6 is 11.6 Å². The number of halogens is 1. The minimum atomic E-state index is -0.327. The van der Waals surface area contributed by atoms with Crippen molar-refractivity contribution in [2.75, 3.05) is 0 Å². The molecule has 30 heavy (non-hydrogen) atoms. The van der Waals surface area contributed by atoms with Crippen LogP contribution in [0.25, 0.3) is 33.0 Å². The van der Waals surface area contributed by atoms with Crippen LogP contribution in [-0.2, 0) is 5.41 Å². The van der Waals surface area contributed by atoms with Gasteiger partial charge in [0.1, 0.15) is 0 Å². The van der Waals surface area contributed by atoms with Gasteiger partial charge in [-0.2, -0.15) is 0 Å². The molecule has 0 saturated heterocycles. The first-order valence-electron chi connectivity index (χ1n) is 10.3. The van der Waals surface area contributed by atoms with E-state index in [4.69, 9.17) is 11.6 Å². The Morgan fingerprint density at radius 1 is 0.467 bits per heavy atom. The molecule has 5 aromatic carbocycles. The van der Waals surface area contributed by atoms with Crippen molar-refractivity contribution in [1.29, 1.82) is 0 Å². The van der Waals surface area contributed by atoms with Gasteiger partial charge in [0.25, 0.3) is 0 Å². The summed E-state index contributed by atoms with van der Waals surface area (Å²) in [6.07, 6.45) is 0. The van der Waals surface area contributed by atoms with E-state index in [9.17, 15) is 0 Å². The Kier molecular flexibility index (Phi) is 3.08. The zero-order valence-corrected chi connectivity index (χ0v) is 16.9. The van der Waals surface area contributed by atoms with Gasteiger partial charge in [-0.05, 0) is 67.9 Å². The summed E-state index contributed by atoms with van der Waals surface area (Å²) < 4.78 is 0. The summed E-state index contributed by atoms with van der Waals surface area (Å²) >= 11 is 6.86. The summed E-state index contributed by atoms with van der Waals surface area (Å²) in [5.74, 6) is 0. The van der Waals surface area contributed by atoms with Gasteiger partial charge in [-0.3, -0.25) is 0 Å². The molecule has 0 heterocycles. The third-order valence-corrected chi connectivity index (χ3v) is 7.24. The summed E-state index contributed by atoms with van der Waals surface area (Å²) in [6, 6.07) is 37.4. The van der Waals surface area contributed by atoms with E-state index >= 15 is 0 Å². The fourth-order valence-electron chi connectivity index (χ4n) is 5.83. The van der Waals surface area contributed by atoms with E-state index in [0.29, 0.717) is 0 Å². The first-order valence-corrected chi connectivity index (χ1v) is 10.7. The molecule has 0 N–H and O–H groups in total. The molecule has 2 aliphatic rings. The number of hydrogen-bond acceptors (Lipinski definition) is 0. The van der Waals surface area contributed by atoms with E-state index in [2.05, 4.69) is 97.1 Å². The lowest BCUT2D eigenvalue weighted by atomic mass is 9.70. The van der Waals surface area contributed by atoms with Crippen LogP contribution in [0.15, 0.2) is 103 Å². The van der Waals surface area contributed by atoms with Crippen molar-refractivity contribution in [3.63, 3.8) is 0 Å². The SMILES string of the molecule is Clc1cccc2c1-c1cc3ccccc3cc1C21c2ccccc2-c2ccccc21. The van der Waals surface area contributed by atoms with Crippen molar-refractivity contribution in [3.05, 3.63) is 130 Å². The standard InChI is InChI=1S/C29H17Cl/c30-27-15-7-14-25-28(27)22-16-18-8-1-2-9-19(18)17-26(22)29(25)23-12-5-3-10-20(23)21-11-4-6-13-24(21)29/h1-17H. The topological polar surface area (TPSA) is 0 Å². The van der Waals surface area contributed by atoms with Crippen molar-refractivity contribution in [3.8, 4) is 22.3 Å². The van der Waals surface area contributed by atoms with Gasteiger partial charge in [0.2, 0.25) is 0 Å². The molecule has 0 radical (unpaired) electrons. The lowest BCUT2D eigenvalue weighted by Crippen LogP contribution is -2.25. The van der Waals surface area contributed by atoms with Gasteiger partial charge in [-0.15, -0.1) is 0 Å². The molecule has 1 spiro atoms. The van der Waals surface area contributed by atoms with E-state index in [1.54, 1.807) is 0 Å². The van der Waals surface area contributed by atoms with Gasteiger partial charge in [-0.25, -0.2) is 0 Å². The number of fused-ring (bicyclic) bond motifs is 11. The molecular formula is C29H17Cl. The fourth-order valence-corrected chi connectivity index (χ4v) is 6.10. The number of hydrogen-bond donors (Lipinski definition) is 0. The lowest BCUT2D eigenvalue weighted by molar-refractivity contribution is 0.795. The molecule has 0 aliphatic heterocycles. The highest BCUT2D eigenvalue weighted by molar-refractivity contribution is 6.34. The molecule has 2 aliphatic carbocycles. The maximum absolute atomic E-state index is 6.86. The lowest BCUT2D eigenvalue weighted by Gasteiger charge is -2.30. The number of benzene rings is 5. The Morgan fingerprint density at radius 3 is 1.73 bits per heavy atom. The van der Waals surface area contributed by atoms with Gasteiger partial charge in [0, 0.05) is 10.6 Å². The molecule has 0 fully saturated rings. The zero-order chi connectivity index (χ0) is 19.9. The average molecular weight is 401 g/mol. The molecule has 1 heteroatoms. The highest BCUT2D eigenvalue weighted by Gasteiger charge is 2.52. The van der Waals surface area contributed by atoms with Crippen LogP contribution in [0.5, 0.6) is 0 Å². The Bertz CT molecular complexity index is 1460. The Morgan fingerprint density at radius 2 is 1.03 bits per heavy atom. The van der Waals surface area contributed by atoms with Crippen LogP contribution in [0.3, 0.4) is 0 Å². The summed E-state index contributed by atoms with van der Waals surface area (Å²) in [5.41, 5.74) is 10.1. The van der Waals surface area contributed by atoms with E-state index in [1.807, 2.05) is 6.07 Å². The second-order valence-corrected chi connectivity index (χ2v) is 8.66. The average Bonchev–Trinajstić information content (AvgIpc) is 3.25. The Labute approximate surface area is 180 Å². The minimum absolute atomic E-state index is 0.327. The van der Waals surface area contributed by atoms with Crippen LogP contribution in [0.4, 0.5) is 0 Å². The highest BCUT2D eigenvalue weighted by atomic mass is 35.5. The molecule has 0 unspecified atom stereocenters. The first kappa shape index (κ1) is 16.4. The van der Waals surface area contributed by atoms with E-state index in [0.717, 1.165) is 5.02 Å². The first-order chi connectivity index (χ1) is 14.8. The van der Waals surface area contributed by atoms with Gasteiger partial charge in [0.05, 0.1) is 5.41 Å². The Hall–Kier alpha value is -3.35. The second-order valence-electron chi connectivity index (χ2n) is 8.25. The molecule has 0 atom stereocenters. The summed E-state index contributed by atoms with van der Waals surface area (Å²) in [7, 11) is 0. The highest BCUT2D eigenvalue weighted by Crippen LogP contribution is 2.63. The van der Waals surface area contributed by atoms with Gasteiger partial charge >= 0.3 is 0 Å². The number of rotatable bonds is 0. The Balaban J connectivity index is 1.75. The van der Waals surface area contributed by atoms with E-state index < -0.39 is 0 Å². The zero-order valence-electron chi connectivity index (χ0n) is 16.2. The van der Waals surface area contributed by atoms with Gasteiger partial charge < -0.3 is 0 Å². The van der Waals surface area contributed by atoms with Gasteiger partial charge in [0.15, 0.2) is 0 Å². The van der Waals surface area contributed by atoms with E-state index in [1.165, 1.54) is 55.3 Å². The molecule has 0 nitrogen and oxygen atoms in total. The van der Waals surface area contributed by atoms with Crippen molar-refractivity contribution >= 4 is 22.4 Å². The molecule has 0 bridgehead atoms. The maximum atomic E-state index is 6.86. The van der Waals surface area contributed by atoms with Crippen molar-refractivity contribution in [2.24, 2.45) is 0 Å². The predicted octanol–water partition coefficient (Wildman–Crippen LogP) is 7.84. The summed E-state index contributed by atoms with van der Waals surface area (Å²) in [4.78, 5) is 0. The van der Waals surface area contributed by atoms with Gasteiger partial charge in [-0.1, -0.05) is 96.5 Å². The van der Waals surface area contributed by atoms with Crippen molar-refractivity contribution in [2.45, 2.75) is 5.41 Å². The van der Waals surface area contributed by atoms with Crippen LogP contribution in [-0.4, -0.2) is 0 Å². The molecule has 0 amide bonds.